The van der Waals surface area contributed by atoms with Crippen LogP contribution in [0.5, 0.6) is 0 Å². The van der Waals surface area contributed by atoms with Gasteiger partial charge in [0.2, 0.25) is 0 Å². The van der Waals surface area contributed by atoms with Crippen molar-refractivity contribution in [3.05, 3.63) is 48.0 Å². The number of hydrogen-bond donors (Lipinski definition) is 1. The van der Waals surface area contributed by atoms with Crippen LogP contribution in [0.1, 0.15) is 52.8 Å². The predicted octanol–water partition coefficient (Wildman–Crippen LogP) is 3.82. The Labute approximate surface area is 200 Å². The van der Waals surface area contributed by atoms with Crippen LogP contribution in [-0.4, -0.2) is 54.0 Å². The molecule has 11 heteroatoms. The van der Waals surface area contributed by atoms with Crippen LogP contribution in [0.2, 0.25) is 0 Å². The van der Waals surface area contributed by atoms with Gasteiger partial charge >= 0.3 is 12.2 Å². The van der Waals surface area contributed by atoms with E-state index in [2.05, 4.69) is 10.3 Å². The van der Waals surface area contributed by atoms with Gasteiger partial charge < -0.3 is 14.8 Å². The van der Waals surface area contributed by atoms with Crippen molar-refractivity contribution in [1.82, 2.24) is 14.9 Å². The Morgan fingerprint density at radius 3 is 2.18 bits per heavy atom. The van der Waals surface area contributed by atoms with Crippen LogP contribution in [0.4, 0.5) is 9.59 Å². The van der Waals surface area contributed by atoms with Crippen molar-refractivity contribution in [3.8, 4) is 0 Å². The third-order valence-electron chi connectivity index (χ3n) is 4.15. The molecule has 0 aliphatic heterocycles. The molecule has 1 amide bonds. The molecule has 0 saturated heterocycles. The van der Waals surface area contributed by atoms with Gasteiger partial charge in [0, 0.05) is 12.6 Å². The summed E-state index contributed by atoms with van der Waals surface area (Å²) < 4.78 is 42.2. The SMILES string of the molecule is Cc1ccc(S(=O)(=O)OC[C@H](Cc2cn(C(=O)OC(C)(C)C)cn2)NC(=O)OC(C)(C)C)cc1. The van der Waals surface area contributed by atoms with Gasteiger partial charge in [0.25, 0.3) is 10.1 Å². The summed E-state index contributed by atoms with van der Waals surface area (Å²) in [5, 5.41) is 2.62. The molecule has 0 bridgehead atoms. The molecule has 0 aliphatic rings. The van der Waals surface area contributed by atoms with E-state index < -0.39 is 39.5 Å². The van der Waals surface area contributed by atoms with Crippen molar-refractivity contribution in [2.45, 2.75) is 77.0 Å². The first-order chi connectivity index (χ1) is 15.5. The first-order valence-corrected chi connectivity index (χ1v) is 12.2. The molecule has 0 unspecified atom stereocenters. The molecule has 34 heavy (non-hydrogen) atoms. The number of alkyl carbamates (subject to hydrolysis) is 1. The Morgan fingerprint density at radius 1 is 1.03 bits per heavy atom. The second kappa shape index (κ2) is 10.6. The molecule has 188 valence electrons. The van der Waals surface area contributed by atoms with E-state index >= 15 is 0 Å². The monoisotopic (exact) mass is 495 g/mol. The first-order valence-electron chi connectivity index (χ1n) is 10.8. The zero-order valence-corrected chi connectivity index (χ0v) is 21.4. The molecule has 0 spiro atoms. The normalized spacial score (nSPS) is 13.3. The van der Waals surface area contributed by atoms with Gasteiger partial charge in [-0.1, -0.05) is 17.7 Å². The molecule has 10 nitrogen and oxygen atoms in total. The van der Waals surface area contributed by atoms with E-state index in [1.54, 1.807) is 53.7 Å². The molecule has 1 N–H and O–H groups in total. The zero-order chi connectivity index (χ0) is 25.7. The van der Waals surface area contributed by atoms with Gasteiger partial charge in [-0.2, -0.15) is 8.42 Å². The molecule has 2 rings (SSSR count). The molecular formula is C23H33N3O7S. The van der Waals surface area contributed by atoms with Crippen molar-refractivity contribution in [3.63, 3.8) is 0 Å². The number of aromatic nitrogens is 2. The number of aryl methyl sites for hydroxylation is 1. The number of carbonyl (C=O) groups is 2. The van der Waals surface area contributed by atoms with Gasteiger partial charge in [-0.05, 0) is 60.6 Å². The van der Waals surface area contributed by atoms with E-state index in [9.17, 15) is 18.0 Å². The Kier molecular flexibility index (Phi) is 8.49. The molecule has 1 aromatic carbocycles. The lowest BCUT2D eigenvalue weighted by Gasteiger charge is -2.23. The van der Waals surface area contributed by atoms with Crippen LogP contribution in [-0.2, 0) is 30.2 Å². The quantitative estimate of drug-likeness (QED) is 0.575. The fourth-order valence-corrected chi connectivity index (χ4v) is 3.66. The topological polar surface area (TPSA) is 126 Å². The number of carbonyl (C=O) groups excluding carboxylic acids is 2. The smallest absolute Gasteiger partial charge is 0.419 e. The van der Waals surface area contributed by atoms with Crippen LogP contribution in [0.3, 0.4) is 0 Å². The zero-order valence-electron chi connectivity index (χ0n) is 20.6. The summed E-state index contributed by atoms with van der Waals surface area (Å²) in [5.74, 6) is 0. The summed E-state index contributed by atoms with van der Waals surface area (Å²) in [6.07, 6.45) is 1.48. The lowest BCUT2D eigenvalue weighted by molar-refractivity contribution is 0.0484. The second-order valence-electron chi connectivity index (χ2n) is 9.85. The number of nitrogens with one attached hydrogen (secondary N) is 1. The minimum atomic E-state index is -4.06. The van der Waals surface area contributed by atoms with E-state index in [1.807, 2.05) is 6.92 Å². The molecule has 1 heterocycles. The summed E-state index contributed by atoms with van der Waals surface area (Å²) >= 11 is 0. The van der Waals surface area contributed by atoms with Gasteiger partial charge in [0.05, 0.1) is 23.2 Å². The number of benzene rings is 1. The fraction of sp³-hybridized carbons (Fsp3) is 0.522. The maximum absolute atomic E-state index is 12.6. The number of ether oxygens (including phenoxy) is 2. The van der Waals surface area contributed by atoms with Crippen molar-refractivity contribution in [1.29, 1.82) is 0 Å². The Morgan fingerprint density at radius 2 is 1.62 bits per heavy atom. The maximum atomic E-state index is 12.6. The molecule has 1 aromatic heterocycles. The number of amides is 1. The van der Waals surface area contributed by atoms with Gasteiger partial charge in [0.15, 0.2) is 0 Å². The summed E-state index contributed by atoms with van der Waals surface area (Å²) in [6, 6.07) is 5.41. The predicted molar refractivity (Wildman–Crippen MR) is 125 cm³/mol. The van der Waals surface area contributed by atoms with Crippen molar-refractivity contribution in [2.75, 3.05) is 6.61 Å². The molecule has 0 fully saturated rings. The van der Waals surface area contributed by atoms with Crippen molar-refractivity contribution in [2.24, 2.45) is 0 Å². The number of nitrogens with zero attached hydrogens (tertiary/aromatic N) is 2. The lowest BCUT2D eigenvalue weighted by Crippen LogP contribution is -2.43. The van der Waals surface area contributed by atoms with Crippen LogP contribution in [0, 0.1) is 6.92 Å². The van der Waals surface area contributed by atoms with Crippen molar-refractivity contribution >= 4 is 22.3 Å². The molecule has 1 atom stereocenters. The van der Waals surface area contributed by atoms with Gasteiger partial charge in [0.1, 0.15) is 17.5 Å². The Bertz CT molecular complexity index is 1090. The van der Waals surface area contributed by atoms with E-state index in [0.717, 1.165) is 5.56 Å². The number of hydrogen-bond acceptors (Lipinski definition) is 8. The molecule has 0 aliphatic carbocycles. The summed E-state index contributed by atoms with van der Waals surface area (Å²) in [6.45, 7) is 11.8. The molecule has 2 aromatic rings. The van der Waals surface area contributed by atoms with E-state index in [-0.39, 0.29) is 17.9 Å². The number of rotatable bonds is 7. The Hall–Kier alpha value is -2.92. The fourth-order valence-electron chi connectivity index (χ4n) is 2.71. The minimum Gasteiger partial charge on any atom is -0.444 e. The van der Waals surface area contributed by atoms with E-state index in [4.69, 9.17) is 13.7 Å². The molecular weight excluding hydrogens is 462 g/mol. The average Bonchev–Trinajstić information content (AvgIpc) is 3.12. The maximum Gasteiger partial charge on any atom is 0.419 e. The summed E-state index contributed by atoms with van der Waals surface area (Å²) in [5.41, 5.74) is -0.102. The van der Waals surface area contributed by atoms with Gasteiger partial charge in [-0.3, -0.25) is 4.18 Å². The van der Waals surface area contributed by atoms with Crippen molar-refractivity contribution < 1.29 is 31.7 Å². The summed E-state index contributed by atoms with van der Waals surface area (Å²) in [7, 11) is -4.06. The molecule has 0 radical (unpaired) electrons. The van der Waals surface area contributed by atoms with Crippen LogP contribution < -0.4 is 5.32 Å². The highest BCUT2D eigenvalue weighted by molar-refractivity contribution is 7.86. The van der Waals surface area contributed by atoms with Crippen LogP contribution in [0.25, 0.3) is 0 Å². The van der Waals surface area contributed by atoms with Crippen LogP contribution >= 0.6 is 0 Å². The third-order valence-corrected chi connectivity index (χ3v) is 5.45. The van der Waals surface area contributed by atoms with Crippen LogP contribution in [0.15, 0.2) is 41.7 Å². The standard InChI is InChI=1S/C23H33N3O7S/c1-16-8-10-19(11-9-16)34(29,30)31-14-18(25-20(27)32-22(2,3)4)12-17-13-26(15-24-17)21(28)33-23(5,6)7/h8-11,13,15,18H,12,14H2,1-7H3,(H,25,27)/t18-/m0/s1. The van der Waals surface area contributed by atoms with E-state index in [0.29, 0.717) is 5.69 Å². The highest BCUT2D eigenvalue weighted by atomic mass is 32.2. The lowest BCUT2D eigenvalue weighted by atomic mass is 10.2. The average molecular weight is 496 g/mol. The minimum absolute atomic E-state index is 0.00308. The molecule has 0 saturated carbocycles. The third kappa shape index (κ3) is 9.14. The van der Waals surface area contributed by atoms with E-state index in [1.165, 1.54) is 29.2 Å². The number of imidazole rings is 1. The summed E-state index contributed by atoms with van der Waals surface area (Å²) in [4.78, 5) is 28.7. The first kappa shape index (κ1) is 27.3. The highest BCUT2D eigenvalue weighted by Gasteiger charge is 2.24. The highest BCUT2D eigenvalue weighted by Crippen LogP contribution is 2.15. The van der Waals surface area contributed by atoms with Gasteiger partial charge in [-0.25, -0.2) is 19.1 Å². The largest absolute Gasteiger partial charge is 0.444 e. The second-order valence-corrected chi connectivity index (χ2v) is 11.5. The van der Waals surface area contributed by atoms with Gasteiger partial charge in [-0.15, -0.1) is 0 Å². The Balaban J connectivity index is 2.15.